The van der Waals surface area contributed by atoms with Crippen LogP contribution in [0.5, 0.6) is 0 Å². The van der Waals surface area contributed by atoms with Crippen LogP contribution in [0.3, 0.4) is 0 Å². The third-order valence-electron chi connectivity index (χ3n) is 2.50. The van der Waals surface area contributed by atoms with Gasteiger partial charge >= 0.3 is 0 Å². The van der Waals surface area contributed by atoms with Crippen LogP contribution >= 0.6 is 27.7 Å². The van der Waals surface area contributed by atoms with Crippen LogP contribution in [-0.2, 0) is 4.79 Å². The molecule has 1 fully saturated rings. The average Bonchev–Trinajstić information content (AvgIpc) is 2.66. The van der Waals surface area contributed by atoms with Gasteiger partial charge in [0.1, 0.15) is 0 Å². The largest absolute Gasteiger partial charge is 0.355 e. The van der Waals surface area contributed by atoms with Crippen LogP contribution in [0.1, 0.15) is 20.3 Å². The summed E-state index contributed by atoms with van der Waals surface area (Å²) in [5, 5.41) is 3.01. The lowest BCUT2D eigenvalue weighted by Crippen LogP contribution is -2.36. The van der Waals surface area contributed by atoms with Crippen molar-refractivity contribution in [1.29, 1.82) is 0 Å². The van der Waals surface area contributed by atoms with Crippen molar-refractivity contribution in [3.8, 4) is 0 Å². The average molecular weight is 280 g/mol. The summed E-state index contributed by atoms with van der Waals surface area (Å²) in [7, 11) is 0. The third-order valence-corrected chi connectivity index (χ3v) is 5.04. The Morgan fingerprint density at radius 2 is 2.36 bits per heavy atom. The summed E-state index contributed by atoms with van der Waals surface area (Å²) in [5.74, 6) is 3.20. The monoisotopic (exact) mass is 279 g/mol. The number of carbonyl (C=O) groups excluding carboxylic acids is 1. The Balaban J connectivity index is 2.20. The number of hydrogen-bond acceptors (Lipinski definition) is 2. The van der Waals surface area contributed by atoms with Crippen molar-refractivity contribution in [3.05, 3.63) is 0 Å². The van der Waals surface area contributed by atoms with Gasteiger partial charge in [-0.15, -0.1) is 0 Å². The highest BCUT2D eigenvalue weighted by Crippen LogP contribution is 2.23. The molecule has 82 valence electrons. The van der Waals surface area contributed by atoms with E-state index in [2.05, 4.69) is 35.1 Å². The van der Waals surface area contributed by atoms with Gasteiger partial charge in [-0.25, -0.2) is 0 Å². The van der Waals surface area contributed by atoms with Crippen LogP contribution in [0.2, 0.25) is 0 Å². The summed E-state index contributed by atoms with van der Waals surface area (Å²) in [5.41, 5.74) is 0. The molecule has 2 atom stereocenters. The Labute approximate surface area is 98.7 Å². The zero-order valence-corrected chi connectivity index (χ0v) is 11.2. The fourth-order valence-corrected chi connectivity index (χ4v) is 2.70. The van der Waals surface area contributed by atoms with Crippen LogP contribution in [0.15, 0.2) is 0 Å². The number of amides is 1. The summed E-state index contributed by atoms with van der Waals surface area (Å²) in [6.45, 7) is 5.05. The predicted octanol–water partition coefficient (Wildman–Crippen LogP) is 2.28. The van der Waals surface area contributed by atoms with Gasteiger partial charge in [-0.3, -0.25) is 4.79 Å². The van der Waals surface area contributed by atoms with Crippen LogP contribution in [-0.4, -0.2) is 28.8 Å². The number of halogens is 1. The molecule has 2 unspecified atom stereocenters. The van der Waals surface area contributed by atoms with Crippen LogP contribution in [0.25, 0.3) is 0 Å². The molecule has 0 bridgehead atoms. The standard InChI is InChI=1S/C10H18BrNOS/c1-7(2)9(11)5-12-10(13)8-3-4-14-6-8/h7-9H,3-6H2,1-2H3,(H,12,13). The van der Waals surface area contributed by atoms with Crippen molar-refractivity contribution >= 4 is 33.6 Å². The van der Waals surface area contributed by atoms with Gasteiger partial charge in [0.2, 0.25) is 5.91 Å². The molecule has 1 aliphatic rings. The van der Waals surface area contributed by atoms with Gasteiger partial charge in [0.25, 0.3) is 0 Å². The fraction of sp³-hybridized carbons (Fsp3) is 0.900. The van der Waals surface area contributed by atoms with E-state index in [1.807, 2.05) is 11.8 Å². The summed E-state index contributed by atoms with van der Waals surface area (Å²) in [4.78, 5) is 12.0. The van der Waals surface area contributed by atoms with E-state index in [-0.39, 0.29) is 11.8 Å². The van der Waals surface area contributed by atoms with E-state index < -0.39 is 0 Å². The Bertz CT molecular complexity index is 193. The lowest BCUT2D eigenvalue weighted by Gasteiger charge is -2.16. The predicted molar refractivity (Wildman–Crippen MR) is 66.0 cm³/mol. The molecule has 1 amide bonds. The Kier molecular flexibility index (Phi) is 5.31. The molecule has 0 saturated carbocycles. The minimum absolute atomic E-state index is 0.236. The highest BCUT2D eigenvalue weighted by atomic mass is 79.9. The van der Waals surface area contributed by atoms with Gasteiger partial charge in [-0.05, 0) is 18.1 Å². The lowest BCUT2D eigenvalue weighted by molar-refractivity contribution is -0.124. The number of thioether (sulfide) groups is 1. The second-order valence-electron chi connectivity index (χ2n) is 4.07. The number of rotatable bonds is 4. The molecular formula is C10H18BrNOS. The van der Waals surface area contributed by atoms with E-state index in [9.17, 15) is 4.79 Å². The van der Waals surface area contributed by atoms with Crippen molar-refractivity contribution in [2.45, 2.75) is 25.1 Å². The van der Waals surface area contributed by atoms with Crippen molar-refractivity contribution in [2.24, 2.45) is 11.8 Å². The molecule has 1 N–H and O–H groups in total. The van der Waals surface area contributed by atoms with Gasteiger partial charge in [0.15, 0.2) is 0 Å². The molecule has 0 aliphatic carbocycles. The zero-order valence-electron chi connectivity index (χ0n) is 8.75. The van der Waals surface area contributed by atoms with E-state index >= 15 is 0 Å². The first-order valence-electron chi connectivity index (χ1n) is 5.10. The normalized spacial score (nSPS) is 23.9. The second-order valence-corrected chi connectivity index (χ2v) is 6.39. The number of hydrogen-bond donors (Lipinski definition) is 1. The lowest BCUT2D eigenvalue weighted by atomic mass is 10.1. The molecule has 14 heavy (non-hydrogen) atoms. The summed E-state index contributed by atoms with van der Waals surface area (Å²) in [6, 6.07) is 0. The van der Waals surface area contributed by atoms with Crippen molar-refractivity contribution in [2.75, 3.05) is 18.1 Å². The quantitative estimate of drug-likeness (QED) is 0.800. The molecule has 1 heterocycles. The summed E-state index contributed by atoms with van der Waals surface area (Å²) >= 11 is 5.44. The van der Waals surface area contributed by atoms with Gasteiger partial charge < -0.3 is 5.32 Å². The first-order valence-corrected chi connectivity index (χ1v) is 7.18. The molecule has 1 aliphatic heterocycles. The molecule has 0 aromatic carbocycles. The van der Waals surface area contributed by atoms with E-state index in [0.29, 0.717) is 10.7 Å². The molecule has 2 nitrogen and oxygen atoms in total. The summed E-state index contributed by atoms with van der Waals surface area (Å²) < 4.78 is 0. The highest BCUT2D eigenvalue weighted by Gasteiger charge is 2.23. The third kappa shape index (κ3) is 3.81. The molecule has 0 aromatic heterocycles. The van der Waals surface area contributed by atoms with Crippen molar-refractivity contribution in [3.63, 3.8) is 0 Å². The molecule has 0 radical (unpaired) electrons. The van der Waals surface area contributed by atoms with Crippen LogP contribution < -0.4 is 5.32 Å². The van der Waals surface area contributed by atoms with Gasteiger partial charge in [-0.2, -0.15) is 11.8 Å². The highest BCUT2D eigenvalue weighted by molar-refractivity contribution is 9.09. The van der Waals surface area contributed by atoms with E-state index in [0.717, 1.165) is 24.5 Å². The minimum Gasteiger partial charge on any atom is -0.355 e. The molecule has 1 saturated heterocycles. The van der Waals surface area contributed by atoms with Crippen molar-refractivity contribution in [1.82, 2.24) is 5.32 Å². The molecule has 0 aromatic rings. The zero-order chi connectivity index (χ0) is 10.6. The van der Waals surface area contributed by atoms with Gasteiger partial charge in [0, 0.05) is 23.0 Å². The molecular weight excluding hydrogens is 262 g/mol. The minimum atomic E-state index is 0.236. The molecule has 0 spiro atoms. The van der Waals surface area contributed by atoms with E-state index in [1.54, 1.807) is 0 Å². The number of alkyl halides is 1. The van der Waals surface area contributed by atoms with E-state index in [4.69, 9.17) is 0 Å². The molecule has 1 rings (SSSR count). The first-order chi connectivity index (χ1) is 6.61. The Hall–Kier alpha value is 0.300. The topological polar surface area (TPSA) is 29.1 Å². The van der Waals surface area contributed by atoms with Gasteiger partial charge in [0.05, 0.1) is 0 Å². The maximum atomic E-state index is 11.6. The fourth-order valence-electron chi connectivity index (χ4n) is 1.32. The van der Waals surface area contributed by atoms with Crippen LogP contribution in [0.4, 0.5) is 0 Å². The second kappa shape index (κ2) is 6.01. The number of nitrogens with one attached hydrogen (secondary N) is 1. The Morgan fingerprint density at radius 1 is 1.64 bits per heavy atom. The van der Waals surface area contributed by atoms with E-state index in [1.165, 1.54) is 0 Å². The SMILES string of the molecule is CC(C)C(Br)CNC(=O)C1CCSC1. The summed E-state index contributed by atoms with van der Waals surface area (Å²) in [6.07, 6.45) is 1.05. The maximum absolute atomic E-state index is 11.6. The maximum Gasteiger partial charge on any atom is 0.224 e. The smallest absolute Gasteiger partial charge is 0.224 e. The van der Waals surface area contributed by atoms with Crippen LogP contribution in [0, 0.1) is 11.8 Å². The molecule has 4 heteroatoms. The Morgan fingerprint density at radius 3 is 2.86 bits per heavy atom. The first kappa shape index (κ1) is 12.4. The van der Waals surface area contributed by atoms with Gasteiger partial charge in [-0.1, -0.05) is 29.8 Å². The number of carbonyl (C=O) groups is 1. The van der Waals surface area contributed by atoms with Crippen molar-refractivity contribution < 1.29 is 4.79 Å².